The van der Waals surface area contributed by atoms with Crippen molar-refractivity contribution in [3.8, 4) is 5.75 Å². The molecule has 18 heteroatoms. The highest BCUT2D eigenvalue weighted by atomic mass is 16.5. The molecule has 3 saturated heterocycles. The summed E-state index contributed by atoms with van der Waals surface area (Å²) >= 11 is 0. The topological polar surface area (TPSA) is 180 Å². The van der Waals surface area contributed by atoms with Crippen LogP contribution < -0.4 is 45.6 Å². The van der Waals surface area contributed by atoms with E-state index in [1.807, 2.05) is 19.3 Å². The van der Waals surface area contributed by atoms with Gasteiger partial charge in [0.2, 0.25) is 23.7 Å². The van der Waals surface area contributed by atoms with Crippen LogP contribution in [-0.4, -0.2) is 157 Å². The standard InChI is InChI=1S/C27H37N7O3.C27H45N7O.CH4/c1-4-21-26(36)33(2)22-16-29-27(32-24(22)34(21)19-7-5-6-8-19)31-20-10-9-17(15-23(20)37-3)25(35)30-18-11-13-28-14-12-18;1-5-23-26(35)32(4)24-18-28-27(30-25(24)34(23)22-8-6-7-9-22)29-19(2)20-10-16-33(17-11-20)21-12-14-31(3)15-13-21;/h9-10,15-16,18-19,21,28H,4-8,11-14H2,1-3H3,(H,30,35)(H,29,31,32);18-23H,5-17H2,1-4H3,(H,28,29,30);1H4/t21-;19-,23+;/m10./s1. The maximum Gasteiger partial charge on any atom is 0.251 e. The highest BCUT2D eigenvalue weighted by Crippen LogP contribution is 2.42. The van der Waals surface area contributed by atoms with E-state index in [2.05, 4.69) is 78.7 Å². The fourth-order valence-corrected chi connectivity index (χ4v) is 12.7. The molecule has 0 bridgehead atoms. The average molecular weight is 1010 g/mol. The van der Waals surface area contributed by atoms with E-state index in [4.69, 9.17) is 14.7 Å². The number of carbonyl (C=O) groups excluding carboxylic acids is 3. The van der Waals surface area contributed by atoms with Crippen molar-refractivity contribution >= 4 is 58.3 Å². The molecule has 5 fully saturated rings. The second-order valence-electron chi connectivity index (χ2n) is 21.5. The van der Waals surface area contributed by atoms with Crippen molar-refractivity contribution < 1.29 is 19.1 Å². The van der Waals surface area contributed by atoms with Crippen LogP contribution in [0.2, 0.25) is 0 Å². The molecule has 5 aliphatic heterocycles. The second kappa shape index (κ2) is 24.3. The summed E-state index contributed by atoms with van der Waals surface area (Å²) in [7, 11) is 7.48. The minimum atomic E-state index is -0.226. The number of likely N-dealkylation sites (tertiary alicyclic amines) is 2. The molecule has 7 heterocycles. The molecule has 3 aromatic rings. The Kier molecular flexibility index (Phi) is 18.0. The van der Waals surface area contributed by atoms with Crippen molar-refractivity contribution in [2.45, 2.75) is 173 Å². The monoisotopic (exact) mass is 1010 g/mol. The fourth-order valence-electron chi connectivity index (χ4n) is 12.7. The maximum atomic E-state index is 13.1. The molecule has 0 radical (unpaired) electrons. The van der Waals surface area contributed by atoms with E-state index in [1.165, 1.54) is 77.5 Å². The Labute approximate surface area is 435 Å². The summed E-state index contributed by atoms with van der Waals surface area (Å²) < 4.78 is 5.61. The van der Waals surface area contributed by atoms with Gasteiger partial charge in [-0.3, -0.25) is 14.4 Å². The lowest BCUT2D eigenvalue weighted by Crippen LogP contribution is -2.55. The van der Waals surface area contributed by atoms with Crippen LogP contribution in [0.1, 0.15) is 141 Å². The number of carbonyl (C=O) groups is 3. The summed E-state index contributed by atoms with van der Waals surface area (Å²) in [5, 5.41) is 13.4. The van der Waals surface area contributed by atoms with Crippen LogP contribution in [0.3, 0.4) is 0 Å². The first-order valence-corrected chi connectivity index (χ1v) is 27.5. The van der Waals surface area contributed by atoms with Crippen LogP contribution in [0, 0.1) is 5.92 Å². The first-order valence-electron chi connectivity index (χ1n) is 27.5. The maximum absolute atomic E-state index is 13.1. The highest BCUT2D eigenvalue weighted by molar-refractivity contribution is 6.05. The number of nitrogens with one attached hydrogen (secondary N) is 4. The summed E-state index contributed by atoms with van der Waals surface area (Å²) in [6, 6.07) is 6.97. The molecule has 4 N–H and O–H groups in total. The number of piperidine rings is 3. The number of amides is 3. The van der Waals surface area contributed by atoms with Gasteiger partial charge in [-0.15, -0.1) is 0 Å². The van der Waals surface area contributed by atoms with Crippen LogP contribution in [0.4, 0.5) is 40.6 Å². The third-order valence-electron chi connectivity index (χ3n) is 17.1. The molecular weight excluding hydrogens is 921 g/mol. The van der Waals surface area contributed by atoms with E-state index in [-0.39, 0.29) is 43.3 Å². The van der Waals surface area contributed by atoms with Gasteiger partial charge < -0.3 is 55.4 Å². The van der Waals surface area contributed by atoms with Gasteiger partial charge >= 0.3 is 0 Å². The smallest absolute Gasteiger partial charge is 0.251 e. The molecule has 1 aromatic carbocycles. The summed E-state index contributed by atoms with van der Waals surface area (Å²) in [5.41, 5.74) is 2.78. The van der Waals surface area contributed by atoms with Crippen LogP contribution in [0.15, 0.2) is 30.6 Å². The van der Waals surface area contributed by atoms with Gasteiger partial charge in [-0.25, -0.2) is 9.97 Å². The lowest BCUT2D eigenvalue weighted by atomic mass is 9.88. The van der Waals surface area contributed by atoms with Crippen molar-refractivity contribution in [3.05, 3.63) is 36.2 Å². The van der Waals surface area contributed by atoms with Crippen molar-refractivity contribution in [1.29, 1.82) is 0 Å². The predicted octanol–water partition coefficient (Wildman–Crippen LogP) is 7.44. The van der Waals surface area contributed by atoms with E-state index >= 15 is 0 Å². The largest absolute Gasteiger partial charge is 0.495 e. The zero-order valence-corrected chi connectivity index (χ0v) is 44.2. The van der Waals surface area contributed by atoms with Crippen molar-refractivity contribution in [1.82, 2.24) is 40.4 Å². The number of anilines is 7. The van der Waals surface area contributed by atoms with E-state index < -0.39 is 0 Å². The van der Waals surface area contributed by atoms with Gasteiger partial charge in [-0.05, 0) is 154 Å². The number of hydrogen-bond acceptors (Lipinski definition) is 15. The SMILES string of the molecule is C.CC[C@@H]1C(=O)N(C)c2cnc(N[C@@H](C)C3CCN(C4CCN(C)CC4)CC3)nc2N1C1CCCC1.CC[C@@H]1C(=O)N(C)c2cnc(Nc3ccc(C(=O)NC4CCNCC4)cc3OC)nc2N1C1CCCC1. The van der Waals surface area contributed by atoms with Crippen LogP contribution in [-0.2, 0) is 9.59 Å². The Morgan fingerprint density at radius 3 is 1.79 bits per heavy atom. The molecule has 0 unspecified atom stereocenters. The number of hydrogen-bond donors (Lipinski definition) is 4. The number of fused-ring (bicyclic) bond motifs is 2. The lowest BCUT2D eigenvalue weighted by Gasteiger charge is -2.43. The van der Waals surface area contributed by atoms with Gasteiger partial charge in [-0.2, -0.15) is 9.97 Å². The Hall–Kier alpha value is -5.33. The Bertz CT molecular complexity index is 2340. The van der Waals surface area contributed by atoms with Gasteiger partial charge in [0.15, 0.2) is 11.6 Å². The van der Waals surface area contributed by atoms with Crippen molar-refractivity contribution in [2.24, 2.45) is 5.92 Å². The highest BCUT2D eigenvalue weighted by Gasteiger charge is 2.43. The molecule has 2 saturated carbocycles. The van der Waals surface area contributed by atoms with E-state index in [0.29, 0.717) is 52.9 Å². The molecule has 400 valence electrons. The number of rotatable bonds is 13. The van der Waals surface area contributed by atoms with Crippen LogP contribution >= 0.6 is 0 Å². The molecule has 2 aliphatic carbocycles. The molecule has 7 aliphatic rings. The first-order chi connectivity index (χ1) is 35.0. The number of likely N-dealkylation sites (N-methyl/N-ethyl adjacent to an activating group) is 2. The summed E-state index contributed by atoms with van der Waals surface area (Å²) in [6.45, 7) is 13.2. The molecule has 73 heavy (non-hydrogen) atoms. The molecular formula is C55H86N14O4. The van der Waals surface area contributed by atoms with Crippen molar-refractivity contribution in [2.75, 3.05) is 97.8 Å². The van der Waals surface area contributed by atoms with E-state index in [1.54, 1.807) is 42.3 Å². The predicted molar refractivity (Wildman–Crippen MR) is 293 cm³/mol. The van der Waals surface area contributed by atoms with Gasteiger partial charge in [-0.1, -0.05) is 47.0 Å². The lowest BCUT2D eigenvalue weighted by molar-refractivity contribution is -0.120. The Morgan fingerprint density at radius 2 is 1.26 bits per heavy atom. The van der Waals surface area contributed by atoms with Crippen molar-refractivity contribution in [3.63, 3.8) is 0 Å². The number of methoxy groups -OCH3 is 1. The van der Waals surface area contributed by atoms with Crippen LogP contribution in [0.25, 0.3) is 0 Å². The van der Waals surface area contributed by atoms with Gasteiger partial charge in [0.1, 0.15) is 29.2 Å². The molecule has 2 aromatic heterocycles. The first kappa shape index (κ1) is 53.9. The summed E-state index contributed by atoms with van der Waals surface area (Å²) in [5.74, 6) is 4.17. The molecule has 3 amide bonds. The van der Waals surface area contributed by atoms with Gasteiger partial charge in [0, 0.05) is 49.9 Å². The zero-order valence-electron chi connectivity index (χ0n) is 44.2. The van der Waals surface area contributed by atoms with Gasteiger partial charge in [0.05, 0.1) is 25.2 Å². The molecule has 10 rings (SSSR count). The third kappa shape index (κ3) is 11.8. The quantitative estimate of drug-likeness (QED) is 0.133. The number of nitrogens with zero attached hydrogens (tertiary/aromatic N) is 10. The van der Waals surface area contributed by atoms with Gasteiger partial charge in [0.25, 0.3) is 5.91 Å². The molecule has 0 spiro atoms. The summed E-state index contributed by atoms with van der Waals surface area (Å²) in [4.78, 5) is 71.4. The number of ether oxygens (including phenoxy) is 1. The van der Waals surface area contributed by atoms with E-state index in [9.17, 15) is 14.4 Å². The van der Waals surface area contributed by atoms with E-state index in [0.717, 1.165) is 93.5 Å². The second-order valence-corrected chi connectivity index (χ2v) is 21.5. The number of benzene rings is 1. The zero-order chi connectivity index (χ0) is 50.5. The summed E-state index contributed by atoms with van der Waals surface area (Å²) in [6.07, 6.45) is 21.3. The molecule has 18 nitrogen and oxygen atoms in total. The normalized spacial score (nSPS) is 23.3. The Balaban J connectivity index is 0.000000192. The Morgan fingerprint density at radius 1 is 0.726 bits per heavy atom. The third-order valence-corrected chi connectivity index (χ3v) is 17.1. The average Bonchev–Trinajstić information content (AvgIpc) is 4.15. The number of aromatic nitrogens is 4. The minimum Gasteiger partial charge on any atom is -0.495 e. The minimum absolute atomic E-state index is 0. The molecule has 3 atom stereocenters. The fraction of sp³-hybridized carbons (Fsp3) is 0.691. The van der Waals surface area contributed by atoms with Crippen LogP contribution in [0.5, 0.6) is 5.75 Å².